The van der Waals surface area contributed by atoms with Crippen molar-refractivity contribution in [3.63, 3.8) is 0 Å². The molecule has 1 spiro atoms. The van der Waals surface area contributed by atoms with Crippen molar-refractivity contribution in [1.29, 1.82) is 0 Å². The third-order valence-electron chi connectivity index (χ3n) is 7.61. The number of amides is 2. The number of carbonyl (C=O) groups excluding carboxylic acids is 4. The van der Waals surface area contributed by atoms with Gasteiger partial charge in [-0.25, -0.2) is 9.29 Å². The van der Waals surface area contributed by atoms with Gasteiger partial charge in [-0.1, -0.05) is 74.0 Å². The number of fused-ring (bicyclic) bond motifs is 3. The molecule has 8 heteroatoms. The zero-order valence-electron chi connectivity index (χ0n) is 19.9. The van der Waals surface area contributed by atoms with Gasteiger partial charge in [0.2, 0.25) is 29.0 Å². The number of imide groups is 1. The van der Waals surface area contributed by atoms with Crippen LogP contribution in [0.1, 0.15) is 57.7 Å². The zero-order chi connectivity index (χ0) is 26.2. The number of halogens is 2. The minimum absolute atomic E-state index is 0.0651. The van der Waals surface area contributed by atoms with Gasteiger partial charge >= 0.3 is 0 Å². The molecule has 0 bridgehead atoms. The Hall–Kier alpha value is -3.68. The van der Waals surface area contributed by atoms with E-state index in [1.807, 2.05) is 26.0 Å². The zero-order valence-corrected chi connectivity index (χ0v) is 20.7. The van der Waals surface area contributed by atoms with Gasteiger partial charge in [-0.15, -0.1) is 0 Å². The molecule has 6 rings (SSSR count). The Bertz CT molecular complexity index is 1480. The largest absolute Gasteiger partial charge is 0.349 e. The standard InChI is InChI=1S/C29H21ClFNO5/c1-14(2)15-7-9-16(10-8-15)24-22-23(28(36)32(27(22)35)17-11-12-21(31)20(30)13-17)29(37-24)25(33)18-5-3-4-6-19(18)26(29)34/h3-14,22-24H,1-2H3/t22-,23+,24+/m1/s1. The number of anilines is 1. The van der Waals surface area contributed by atoms with Crippen LogP contribution in [0, 0.1) is 17.7 Å². The fraction of sp³-hybridized carbons (Fsp3) is 0.241. The molecule has 3 atom stereocenters. The molecule has 0 aromatic heterocycles. The van der Waals surface area contributed by atoms with Crippen LogP contribution in [0.3, 0.4) is 0 Å². The number of hydrogen-bond acceptors (Lipinski definition) is 5. The van der Waals surface area contributed by atoms with E-state index in [9.17, 15) is 23.6 Å². The summed E-state index contributed by atoms with van der Waals surface area (Å²) in [6, 6.07) is 17.2. The van der Waals surface area contributed by atoms with Gasteiger partial charge in [0.05, 0.1) is 28.6 Å². The highest BCUT2D eigenvalue weighted by Crippen LogP contribution is 2.57. The van der Waals surface area contributed by atoms with E-state index >= 15 is 0 Å². The highest BCUT2D eigenvalue weighted by molar-refractivity contribution is 6.37. The molecule has 0 saturated carbocycles. The van der Waals surface area contributed by atoms with Crippen molar-refractivity contribution in [3.05, 3.63) is 99.8 Å². The van der Waals surface area contributed by atoms with Crippen LogP contribution in [0.5, 0.6) is 0 Å². The number of Topliss-reactive ketones (excluding diaryl/α,β-unsaturated/α-hetero) is 2. The summed E-state index contributed by atoms with van der Waals surface area (Å²) < 4.78 is 20.1. The van der Waals surface area contributed by atoms with Crippen molar-refractivity contribution < 1.29 is 28.3 Å². The fourth-order valence-electron chi connectivity index (χ4n) is 5.77. The molecule has 0 N–H and O–H groups in total. The second-order valence-electron chi connectivity index (χ2n) is 9.91. The van der Waals surface area contributed by atoms with Crippen molar-refractivity contribution in [2.75, 3.05) is 4.90 Å². The molecule has 1 aliphatic carbocycles. The SMILES string of the molecule is CC(C)c1ccc([C@@H]2OC3(C(=O)c4ccccc4C3=O)[C@@H]3C(=O)N(c4ccc(F)c(Cl)c4)C(=O)[C@H]32)cc1. The number of nitrogens with zero attached hydrogens (tertiary/aromatic N) is 1. The Morgan fingerprint density at radius 3 is 2.08 bits per heavy atom. The first kappa shape index (κ1) is 23.7. The lowest BCUT2D eigenvalue weighted by atomic mass is 9.77. The van der Waals surface area contributed by atoms with E-state index in [0.717, 1.165) is 16.5 Å². The van der Waals surface area contributed by atoms with E-state index in [4.69, 9.17) is 16.3 Å². The lowest BCUT2D eigenvalue weighted by Gasteiger charge is -2.27. The Balaban J connectivity index is 1.52. The van der Waals surface area contributed by atoms with Crippen molar-refractivity contribution in [2.24, 2.45) is 11.8 Å². The number of ketones is 2. The van der Waals surface area contributed by atoms with Crippen LogP contribution in [-0.4, -0.2) is 29.0 Å². The normalized spacial score (nSPS) is 23.9. The summed E-state index contributed by atoms with van der Waals surface area (Å²) in [6.45, 7) is 4.09. The van der Waals surface area contributed by atoms with Gasteiger partial charge in [0.25, 0.3) is 0 Å². The van der Waals surface area contributed by atoms with Gasteiger partial charge in [-0.3, -0.25) is 19.2 Å². The molecule has 0 unspecified atom stereocenters. The Labute approximate surface area is 217 Å². The molecule has 0 radical (unpaired) electrons. The molecule has 2 aliphatic heterocycles. The lowest BCUT2D eigenvalue weighted by Crippen LogP contribution is -2.51. The smallest absolute Gasteiger partial charge is 0.241 e. The molecule has 6 nitrogen and oxygen atoms in total. The molecule has 2 amide bonds. The minimum Gasteiger partial charge on any atom is -0.349 e. The lowest BCUT2D eigenvalue weighted by molar-refractivity contribution is -0.127. The molecule has 186 valence electrons. The van der Waals surface area contributed by atoms with Crippen LogP contribution in [-0.2, 0) is 14.3 Å². The molecule has 2 fully saturated rings. The quantitative estimate of drug-likeness (QED) is 0.348. The first-order valence-corrected chi connectivity index (χ1v) is 12.3. The van der Waals surface area contributed by atoms with Crippen molar-refractivity contribution in [1.82, 2.24) is 0 Å². The molecule has 37 heavy (non-hydrogen) atoms. The van der Waals surface area contributed by atoms with Gasteiger partial charge in [-0.05, 0) is 35.2 Å². The number of benzene rings is 3. The van der Waals surface area contributed by atoms with E-state index in [1.165, 1.54) is 24.3 Å². The topological polar surface area (TPSA) is 80.8 Å². The molecular weight excluding hydrogens is 497 g/mol. The third kappa shape index (κ3) is 3.14. The summed E-state index contributed by atoms with van der Waals surface area (Å²) in [7, 11) is 0. The Kier molecular flexibility index (Phi) is 5.23. The molecule has 3 aromatic rings. The maximum atomic E-state index is 13.9. The van der Waals surface area contributed by atoms with Gasteiger partial charge in [0.15, 0.2) is 0 Å². The van der Waals surface area contributed by atoms with Crippen LogP contribution in [0.2, 0.25) is 5.02 Å². The summed E-state index contributed by atoms with van der Waals surface area (Å²) in [6.07, 6.45) is -1.02. The van der Waals surface area contributed by atoms with Crippen LogP contribution < -0.4 is 4.90 Å². The highest BCUT2D eigenvalue weighted by atomic mass is 35.5. The predicted octanol–water partition coefficient (Wildman–Crippen LogP) is 5.30. The molecule has 2 saturated heterocycles. The first-order chi connectivity index (χ1) is 17.7. The van der Waals surface area contributed by atoms with Crippen LogP contribution in [0.4, 0.5) is 10.1 Å². The van der Waals surface area contributed by atoms with E-state index < -0.39 is 52.7 Å². The monoisotopic (exact) mass is 517 g/mol. The van der Waals surface area contributed by atoms with Crippen molar-refractivity contribution in [2.45, 2.75) is 31.5 Å². The maximum Gasteiger partial charge on any atom is 0.241 e. The summed E-state index contributed by atoms with van der Waals surface area (Å²) in [5.74, 6) is -5.62. The van der Waals surface area contributed by atoms with E-state index in [2.05, 4.69) is 0 Å². The van der Waals surface area contributed by atoms with E-state index in [0.29, 0.717) is 5.56 Å². The van der Waals surface area contributed by atoms with Gasteiger partial charge in [0.1, 0.15) is 5.82 Å². The fourth-order valence-corrected chi connectivity index (χ4v) is 5.94. The van der Waals surface area contributed by atoms with E-state index in [-0.39, 0.29) is 27.8 Å². The van der Waals surface area contributed by atoms with Gasteiger partial charge < -0.3 is 4.74 Å². The van der Waals surface area contributed by atoms with E-state index in [1.54, 1.807) is 24.3 Å². The van der Waals surface area contributed by atoms with Crippen LogP contribution >= 0.6 is 11.6 Å². The minimum atomic E-state index is -2.17. The Morgan fingerprint density at radius 2 is 1.51 bits per heavy atom. The number of rotatable bonds is 3. The predicted molar refractivity (Wildman–Crippen MR) is 133 cm³/mol. The number of carbonyl (C=O) groups is 4. The highest BCUT2D eigenvalue weighted by Gasteiger charge is 2.74. The third-order valence-corrected chi connectivity index (χ3v) is 7.90. The second-order valence-corrected chi connectivity index (χ2v) is 10.3. The first-order valence-electron chi connectivity index (χ1n) is 12.0. The summed E-state index contributed by atoms with van der Waals surface area (Å²) in [5, 5.41) is -0.262. The molecule has 2 heterocycles. The summed E-state index contributed by atoms with van der Waals surface area (Å²) in [5.41, 5.74) is -0.148. The van der Waals surface area contributed by atoms with Crippen LogP contribution in [0.15, 0.2) is 66.7 Å². The van der Waals surface area contributed by atoms with Crippen molar-refractivity contribution in [3.8, 4) is 0 Å². The second kappa shape index (κ2) is 8.16. The molecule has 3 aromatic carbocycles. The molecule has 3 aliphatic rings. The molecular formula is C29H21ClFNO5. The van der Waals surface area contributed by atoms with Gasteiger partial charge in [-0.2, -0.15) is 0 Å². The maximum absolute atomic E-state index is 13.9. The van der Waals surface area contributed by atoms with Crippen molar-refractivity contribution >= 4 is 40.7 Å². The Morgan fingerprint density at radius 1 is 0.892 bits per heavy atom. The summed E-state index contributed by atoms with van der Waals surface area (Å²) in [4.78, 5) is 56.2. The average Bonchev–Trinajstić information content (AvgIpc) is 3.46. The number of ether oxygens (including phenoxy) is 1. The average molecular weight is 518 g/mol. The van der Waals surface area contributed by atoms with Crippen LogP contribution in [0.25, 0.3) is 0 Å². The summed E-state index contributed by atoms with van der Waals surface area (Å²) >= 11 is 5.94. The number of hydrogen-bond donors (Lipinski definition) is 0. The van der Waals surface area contributed by atoms with Gasteiger partial charge in [0, 0.05) is 11.1 Å².